The molecular formula is C13H15F2NO6. The second-order valence-corrected chi connectivity index (χ2v) is 3.95. The zero-order valence-electron chi connectivity index (χ0n) is 11.7. The van der Waals surface area contributed by atoms with E-state index in [9.17, 15) is 18.4 Å². The standard InChI is InChI=1S/C13H15F2NO6/c1-20-9-3-2-8(6-10(9)22-13(14)15)12(19)16-4-5-21-7-11(17)18/h2-3,6,13H,4-5,7H2,1H3,(H,16,19)(H,17,18). The average Bonchev–Trinajstić information content (AvgIpc) is 2.45. The molecule has 1 aromatic carbocycles. The lowest BCUT2D eigenvalue weighted by Crippen LogP contribution is -2.28. The van der Waals surface area contributed by atoms with E-state index < -0.39 is 25.1 Å². The van der Waals surface area contributed by atoms with Crippen LogP contribution in [0.2, 0.25) is 0 Å². The molecule has 0 bridgehead atoms. The van der Waals surface area contributed by atoms with Gasteiger partial charge in [0.05, 0.1) is 13.7 Å². The first-order valence-electron chi connectivity index (χ1n) is 6.14. The van der Waals surface area contributed by atoms with Crippen molar-refractivity contribution >= 4 is 11.9 Å². The number of hydrogen-bond donors (Lipinski definition) is 2. The minimum atomic E-state index is -3.04. The molecule has 7 nitrogen and oxygen atoms in total. The van der Waals surface area contributed by atoms with Crippen LogP contribution < -0.4 is 14.8 Å². The number of carbonyl (C=O) groups excluding carboxylic acids is 1. The van der Waals surface area contributed by atoms with E-state index in [4.69, 9.17) is 14.6 Å². The van der Waals surface area contributed by atoms with Crippen LogP contribution in [0, 0.1) is 0 Å². The molecule has 1 amide bonds. The lowest BCUT2D eigenvalue weighted by molar-refractivity contribution is -0.142. The molecule has 0 saturated carbocycles. The Labute approximate surface area is 124 Å². The highest BCUT2D eigenvalue weighted by atomic mass is 19.3. The number of ether oxygens (including phenoxy) is 3. The minimum Gasteiger partial charge on any atom is -0.493 e. The highest BCUT2D eigenvalue weighted by Gasteiger charge is 2.14. The Hall–Kier alpha value is -2.42. The molecule has 0 aliphatic rings. The van der Waals surface area contributed by atoms with Gasteiger partial charge in [0.25, 0.3) is 5.91 Å². The first kappa shape index (κ1) is 17.6. The Balaban J connectivity index is 2.59. The van der Waals surface area contributed by atoms with Crippen LogP contribution in [0.3, 0.4) is 0 Å². The van der Waals surface area contributed by atoms with Gasteiger partial charge >= 0.3 is 12.6 Å². The number of halogens is 2. The van der Waals surface area contributed by atoms with E-state index in [0.717, 1.165) is 6.07 Å². The van der Waals surface area contributed by atoms with E-state index in [0.29, 0.717) is 0 Å². The van der Waals surface area contributed by atoms with Crippen LogP contribution >= 0.6 is 0 Å². The number of carboxylic acids is 1. The summed E-state index contributed by atoms with van der Waals surface area (Å²) >= 11 is 0. The maximum Gasteiger partial charge on any atom is 0.387 e. The second kappa shape index (κ2) is 8.78. The summed E-state index contributed by atoms with van der Waals surface area (Å²) in [7, 11) is 1.28. The third kappa shape index (κ3) is 5.92. The lowest BCUT2D eigenvalue weighted by Gasteiger charge is -2.11. The zero-order valence-corrected chi connectivity index (χ0v) is 11.7. The average molecular weight is 319 g/mol. The van der Waals surface area contributed by atoms with Crippen molar-refractivity contribution in [2.24, 2.45) is 0 Å². The number of amides is 1. The topological polar surface area (TPSA) is 94.1 Å². The first-order valence-corrected chi connectivity index (χ1v) is 6.14. The molecule has 0 spiro atoms. The van der Waals surface area contributed by atoms with E-state index in [1.165, 1.54) is 19.2 Å². The molecule has 0 atom stereocenters. The molecule has 0 unspecified atom stereocenters. The number of benzene rings is 1. The highest BCUT2D eigenvalue weighted by molar-refractivity contribution is 5.94. The van der Waals surface area contributed by atoms with Gasteiger partial charge < -0.3 is 24.6 Å². The van der Waals surface area contributed by atoms with Crippen molar-refractivity contribution in [2.75, 3.05) is 26.9 Å². The Morgan fingerprint density at radius 2 is 2.05 bits per heavy atom. The van der Waals surface area contributed by atoms with E-state index in [1.807, 2.05) is 0 Å². The van der Waals surface area contributed by atoms with Gasteiger partial charge in [0, 0.05) is 12.1 Å². The summed E-state index contributed by atoms with van der Waals surface area (Å²) in [6.07, 6.45) is 0. The number of alkyl halides is 2. The summed E-state index contributed by atoms with van der Waals surface area (Å²) in [4.78, 5) is 22.0. The minimum absolute atomic E-state index is 0.00852. The predicted octanol–water partition coefficient (Wildman–Crippen LogP) is 1.13. The number of carboxylic acid groups (broad SMARTS) is 1. The van der Waals surface area contributed by atoms with Gasteiger partial charge in [-0.25, -0.2) is 4.79 Å². The van der Waals surface area contributed by atoms with Gasteiger partial charge in [0.15, 0.2) is 11.5 Å². The fourth-order valence-electron chi connectivity index (χ4n) is 1.50. The number of hydrogen-bond acceptors (Lipinski definition) is 5. The predicted molar refractivity (Wildman–Crippen MR) is 70.4 cm³/mol. The molecule has 0 heterocycles. The van der Waals surface area contributed by atoms with Crippen molar-refractivity contribution in [1.29, 1.82) is 0 Å². The number of carbonyl (C=O) groups is 2. The Morgan fingerprint density at radius 3 is 2.64 bits per heavy atom. The van der Waals surface area contributed by atoms with Gasteiger partial charge in [-0.2, -0.15) is 8.78 Å². The smallest absolute Gasteiger partial charge is 0.387 e. The molecule has 9 heteroatoms. The summed E-state index contributed by atoms with van der Waals surface area (Å²) in [5, 5.41) is 10.8. The molecule has 1 aromatic rings. The largest absolute Gasteiger partial charge is 0.493 e. The summed E-state index contributed by atoms with van der Waals surface area (Å²) in [6, 6.07) is 3.83. The molecule has 0 radical (unpaired) electrons. The number of rotatable bonds is 9. The van der Waals surface area contributed by atoms with Crippen molar-refractivity contribution in [3.05, 3.63) is 23.8 Å². The number of aliphatic carboxylic acids is 1. The third-order valence-electron chi connectivity index (χ3n) is 2.40. The van der Waals surface area contributed by atoms with Crippen molar-refractivity contribution in [2.45, 2.75) is 6.61 Å². The Morgan fingerprint density at radius 1 is 1.32 bits per heavy atom. The van der Waals surface area contributed by atoms with Crippen LogP contribution in [-0.2, 0) is 9.53 Å². The van der Waals surface area contributed by atoms with Crippen LogP contribution in [0.5, 0.6) is 11.5 Å². The van der Waals surface area contributed by atoms with Crippen LogP contribution in [0.15, 0.2) is 18.2 Å². The number of nitrogens with one attached hydrogen (secondary N) is 1. The van der Waals surface area contributed by atoms with E-state index in [2.05, 4.69) is 10.1 Å². The third-order valence-corrected chi connectivity index (χ3v) is 2.40. The maximum atomic E-state index is 12.3. The lowest BCUT2D eigenvalue weighted by atomic mass is 10.2. The maximum absolute atomic E-state index is 12.3. The summed E-state index contributed by atoms with van der Waals surface area (Å²) < 4.78 is 38.4. The van der Waals surface area contributed by atoms with Gasteiger partial charge in [-0.15, -0.1) is 0 Å². The molecule has 0 aliphatic heterocycles. The van der Waals surface area contributed by atoms with Crippen molar-refractivity contribution < 1.29 is 37.7 Å². The summed E-state index contributed by atoms with van der Waals surface area (Å²) in [5.41, 5.74) is 0.0923. The molecule has 0 saturated heterocycles. The van der Waals surface area contributed by atoms with Crippen LogP contribution in [0.4, 0.5) is 8.78 Å². The van der Waals surface area contributed by atoms with Crippen molar-refractivity contribution in [3.63, 3.8) is 0 Å². The van der Waals surface area contributed by atoms with E-state index in [-0.39, 0.29) is 30.2 Å². The second-order valence-electron chi connectivity index (χ2n) is 3.95. The summed E-state index contributed by atoms with van der Waals surface area (Å²) in [6.45, 7) is -3.43. The molecule has 0 aliphatic carbocycles. The fourth-order valence-corrected chi connectivity index (χ4v) is 1.50. The molecule has 0 fully saturated rings. The van der Waals surface area contributed by atoms with Gasteiger partial charge in [0.1, 0.15) is 6.61 Å². The first-order chi connectivity index (χ1) is 10.4. The van der Waals surface area contributed by atoms with Crippen LogP contribution in [0.25, 0.3) is 0 Å². The molecule has 2 N–H and O–H groups in total. The van der Waals surface area contributed by atoms with Crippen molar-refractivity contribution in [3.8, 4) is 11.5 Å². The van der Waals surface area contributed by atoms with Gasteiger partial charge in [0.2, 0.25) is 0 Å². The van der Waals surface area contributed by atoms with E-state index >= 15 is 0 Å². The van der Waals surface area contributed by atoms with Crippen LogP contribution in [0.1, 0.15) is 10.4 Å². The highest BCUT2D eigenvalue weighted by Crippen LogP contribution is 2.29. The van der Waals surface area contributed by atoms with Gasteiger partial charge in [-0.1, -0.05) is 0 Å². The molecule has 1 rings (SSSR count). The fraction of sp³-hybridized carbons (Fsp3) is 0.385. The number of methoxy groups -OCH3 is 1. The molecule has 22 heavy (non-hydrogen) atoms. The molecule has 0 aromatic heterocycles. The molecular weight excluding hydrogens is 304 g/mol. The SMILES string of the molecule is COc1ccc(C(=O)NCCOCC(=O)O)cc1OC(F)F. The monoisotopic (exact) mass is 319 g/mol. The quantitative estimate of drug-likeness (QED) is 0.663. The normalized spacial score (nSPS) is 10.4. The Kier molecular flexibility index (Phi) is 7.03. The zero-order chi connectivity index (χ0) is 16.5. The van der Waals surface area contributed by atoms with Gasteiger partial charge in [-0.05, 0) is 18.2 Å². The van der Waals surface area contributed by atoms with E-state index in [1.54, 1.807) is 0 Å². The van der Waals surface area contributed by atoms with Crippen LogP contribution in [-0.4, -0.2) is 50.5 Å². The Bertz CT molecular complexity index is 523. The van der Waals surface area contributed by atoms with Gasteiger partial charge in [-0.3, -0.25) is 4.79 Å². The molecule has 122 valence electrons. The van der Waals surface area contributed by atoms with Crippen molar-refractivity contribution in [1.82, 2.24) is 5.32 Å². The summed E-state index contributed by atoms with van der Waals surface area (Å²) in [5.74, 6) is -1.84.